The summed E-state index contributed by atoms with van der Waals surface area (Å²) in [4.78, 5) is 0.366. The molecule has 0 radical (unpaired) electrons. The predicted octanol–water partition coefficient (Wildman–Crippen LogP) is 4.30. The molecule has 3 aromatic rings. The first-order valence-corrected chi connectivity index (χ1v) is 10.3. The SMILES string of the molecule is Cc1ccc(S(=O)(=O)CC(NCc2ccccc2)c2ccccc2)cc1. The Morgan fingerprint density at radius 2 is 1.38 bits per heavy atom. The average molecular weight is 365 g/mol. The third-order valence-electron chi connectivity index (χ3n) is 4.36. The van der Waals surface area contributed by atoms with Gasteiger partial charge in [-0.3, -0.25) is 0 Å². The highest BCUT2D eigenvalue weighted by Crippen LogP contribution is 2.21. The molecule has 0 fully saturated rings. The lowest BCUT2D eigenvalue weighted by Crippen LogP contribution is -2.28. The Labute approximate surface area is 155 Å². The predicted molar refractivity (Wildman–Crippen MR) is 106 cm³/mol. The third kappa shape index (κ3) is 4.81. The molecule has 3 rings (SSSR count). The number of benzene rings is 3. The summed E-state index contributed by atoms with van der Waals surface area (Å²) in [6, 6.07) is 26.5. The van der Waals surface area contributed by atoms with Crippen molar-refractivity contribution >= 4 is 9.84 Å². The summed E-state index contributed by atoms with van der Waals surface area (Å²) in [5.41, 5.74) is 3.14. The first-order chi connectivity index (χ1) is 12.5. The van der Waals surface area contributed by atoms with Crippen LogP contribution < -0.4 is 5.32 Å². The molecule has 1 unspecified atom stereocenters. The van der Waals surface area contributed by atoms with Crippen molar-refractivity contribution in [3.05, 3.63) is 102 Å². The third-order valence-corrected chi connectivity index (χ3v) is 6.13. The maximum absolute atomic E-state index is 12.9. The zero-order valence-electron chi connectivity index (χ0n) is 14.8. The van der Waals surface area contributed by atoms with Crippen molar-refractivity contribution in [2.45, 2.75) is 24.4 Å². The minimum atomic E-state index is -3.39. The number of aryl methyl sites for hydroxylation is 1. The molecule has 0 saturated heterocycles. The molecule has 0 amide bonds. The summed E-state index contributed by atoms with van der Waals surface area (Å²) in [6.45, 7) is 2.56. The van der Waals surface area contributed by atoms with Gasteiger partial charge in [-0.15, -0.1) is 0 Å². The molecule has 0 aromatic heterocycles. The highest BCUT2D eigenvalue weighted by atomic mass is 32.2. The van der Waals surface area contributed by atoms with E-state index in [1.54, 1.807) is 12.1 Å². The van der Waals surface area contributed by atoms with E-state index < -0.39 is 9.84 Å². The Kier molecular flexibility index (Phi) is 5.86. The van der Waals surface area contributed by atoms with E-state index >= 15 is 0 Å². The Hall–Kier alpha value is -2.43. The topological polar surface area (TPSA) is 46.2 Å². The van der Waals surface area contributed by atoms with E-state index in [1.807, 2.05) is 79.7 Å². The first kappa shape index (κ1) is 18.4. The van der Waals surface area contributed by atoms with Gasteiger partial charge < -0.3 is 5.32 Å². The van der Waals surface area contributed by atoms with E-state index in [0.29, 0.717) is 11.4 Å². The zero-order chi connectivity index (χ0) is 18.4. The molecular weight excluding hydrogens is 342 g/mol. The molecule has 0 spiro atoms. The van der Waals surface area contributed by atoms with Crippen LogP contribution in [0.1, 0.15) is 22.7 Å². The smallest absolute Gasteiger partial charge is 0.180 e. The lowest BCUT2D eigenvalue weighted by molar-refractivity contribution is 0.547. The van der Waals surface area contributed by atoms with Crippen molar-refractivity contribution in [2.75, 3.05) is 5.75 Å². The Bertz CT molecular complexity index is 921. The molecule has 26 heavy (non-hydrogen) atoms. The van der Waals surface area contributed by atoms with Gasteiger partial charge in [0.25, 0.3) is 0 Å². The van der Waals surface area contributed by atoms with E-state index in [0.717, 1.165) is 16.7 Å². The summed E-state index contributed by atoms with van der Waals surface area (Å²) in [7, 11) is -3.39. The monoisotopic (exact) mass is 365 g/mol. The summed E-state index contributed by atoms with van der Waals surface area (Å²) >= 11 is 0. The Balaban J connectivity index is 1.82. The molecule has 3 aromatic carbocycles. The normalized spacial score (nSPS) is 12.7. The average Bonchev–Trinajstić information content (AvgIpc) is 2.67. The molecule has 0 bridgehead atoms. The van der Waals surface area contributed by atoms with Crippen LogP contribution in [0.5, 0.6) is 0 Å². The second-order valence-electron chi connectivity index (χ2n) is 6.42. The molecule has 0 saturated carbocycles. The standard InChI is InChI=1S/C22H23NO2S/c1-18-12-14-21(15-13-18)26(24,25)17-22(20-10-6-3-7-11-20)23-16-19-8-4-2-5-9-19/h2-15,22-23H,16-17H2,1H3. The van der Waals surface area contributed by atoms with Crippen molar-refractivity contribution < 1.29 is 8.42 Å². The maximum atomic E-state index is 12.9. The number of nitrogens with one attached hydrogen (secondary N) is 1. The summed E-state index contributed by atoms with van der Waals surface area (Å²) in [6.07, 6.45) is 0. The first-order valence-electron chi connectivity index (χ1n) is 8.66. The van der Waals surface area contributed by atoms with Crippen LogP contribution in [0, 0.1) is 6.92 Å². The Morgan fingerprint density at radius 1 is 0.808 bits per heavy atom. The van der Waals surface area contributed by atoms with Crippen molar-refractivity contribution in [3.63, 3.8) is 0 Å². The van der Waals surface area contributed by atoms with Crippen LogP contribution in [0.4, 0.5) is 0 Å². The molecule has 3 nitrogen and oxygen atoms in total. The minimum absolute atomic E-state index is 0.0207. The van der Waals surface area contributed by atoms with Crippen molar-refractivity contribution in [1.29, 1.82) is 0 Å². The van der Waals surface area contributed by atoms with Crippen LogP contribution in [-0.2, 0) is 16.4 Å². The molecule has 134 valence electrons. The van der Waals surface area contributed by atoms with Crippen molar-refractivity contribution in [3.8, 4) is 0 Å². The fourth-order valence-electron chi connectivity index (χ4n) is 2.86. The van der Waals surface area contributed by atoms with Crippen LogP contribution in [0.3, 0.4) is 0 Å². The van der Waals surface area contributed by atoms with Gasteiger partial charge in [0.1, 0.15) is 0 Å². The fraction of sp³-hybridized carbons (Fsp3) is 0.182. The molecule has 4 heteroatoms. The minimum Gasteiger partial charge on any atom is -0.305 e. The fourth-order valence-corrected chi connectivity index (χ4v) is 4.35. The summed E-state index contributed by atoms with van der Waals surface area (Å²) in [5.74, 6) is 0.0207. The number of sulfone groups is 1. The maximum Gasteiger partial charge on any atom is 0.180 e. The lowest BCUT2D eigenvalue weighted by Gasteiger charge is -2.20. The number of rotatable bonds is 7. The van der Waals surface area contributed by atoms with Gasteiger partial charge in [0.15, 0.2) is 9.84 Å². The highest BCUT2D eigenvalue weighted by Gasteiger charge is 2.22. The second kappa shape index (κ2) is 8.30. The van der Waals surface area contributed by atoms with Crippen LogP contribution in [0.15, 0.2) is 89.8 Å². The van der Waals surface area contributed by atoms with Gasteiger partial charge in [-0.25, -0.2) is 8.42 Å². The molecule has 0 aliphatic rings. The molecule has 0 aliphatic carbocycles. The quantitative estimate of drug-likeness (QED) is 0.679. The van der Waals surface area contributed by atoms with Crippen molar-refractivity contribution in [2.24, 2.45) is 0 Å². The molecular formula is C22H23NO2S. The highest BCUT2D eigenvalue weighted by molar-refractivity contribution is 7.91. The van der Waals surface area contributed by atoms with Crippen LogP contribution in [0.2, 0.25) is 0 Å². The molecule has 0 heterocycles. The van der Waals surface area contributed by atoms with Gasteiger partial charge in [-0.2, -0.15) is 0 Å². The van der Waals surface area contributed by atoms with E-state index in [2.05, 4.69) is 5.32 Å². The summed E-state index contributed by atoms with van der Waals surface area (Å²) in [5, 5.41) is 3.41. The zero-order valence-corrected chi connectivity index (χ0v) is 15.6. The van der Waals surface area contributed by atoms with E-state index in [1.165, 1.54) is 0 Å². The van der Waals surface area contributed by atoms with Gasteiger partial charge in [-0.05, 0) is 30.2 Å². The largest absolute Gasteiger partial charge is 0.305 e. The molecule has 1 N–H and O–H groups in total. The van der Waals surface area contributed by atoms with Gasteiger partial charge in [0.05, 0.1) is 10.6 Å². The van der Waals surface area contributed by atoms with E-state index in [9.17, 15) is 8.42 Å². The molecule has 1 atom stereocenters. The van der Waals surface area contributed by atoms with Crippen LogP contribution in [0.25, 0.3) is 0 Å². The van der Waals surface area contributed by atoms with Crippen LogP contribution in [-0.4, -0.2) is 14.2 Å². The number of hydrogen-bond donors (Lipinski definition) is 1. The molecule has 0 aliphatic heterocycles. The number of hydrogen-bond acceptors (Lipinski definition) is 3. The van der Waals surface area contributed by atoms with E-state index in [-0.39, 0.29) is 11.8 Å². The Morgan fingerprint density at radius 3 is 2.00 bits per heavy atom. The second-order valence-corrected chi connectivity index (χ2v) is 8.46. The van der Waals surface area contributed by atoms with Gasteiger partial charge in [0, 0.05) is 12.6 Å². The van der Waals surface area contributed by atoms with E-state index in [4.69, 9.17) is 0 Å². The van der Waals surface area contributed by atoms with Gasteiger partial charge in [0.2, 0.25) is 0 Å². The van der Waals surface area contributed by atoms with Crippen LogP contribution >= 0.6 is 0 Å². The van der Waals surface area contributed by atoms with Gasteiger partial charge in [-0.1, -0.05) is 78.4 Å². The summed E-state index contributed by atoms with van der Waals surface area (Å²) < 4.78 is 25.8. The lowest BCUT2D eigenvalue weighted by atomic mass is 10.1. The van der Waals surface area contributed by atoms with Gasteiger partial charge >= 0.3 is 0 Å². The van der Waals surface area contributed by atoms with Crippen molar-refractivity contribution in [1.82, 2.24) is 5.32 Å².